The predicted octanol–water partition coefficient (Wildman–Crippen LogP) is 1.03. The number of aliphatic carboxylic acids is 1. The normalized spacial score (nSPS) is 12.3. The van der Waals surface area contributed by atoms with E-state index < -0.39 is 36.5 Å². The Morgan fingerprint density at radius 1 is 1.29 bits per heavy atom. The number of nitrogens with one attached hydrogen (secondary N) is 2. The summed E-state index contributed by atoms with van der Waals surface area (Å²) in [6.45, 7) is 1.20. The lowest BCUT2D eigenvalue weighted by Gasteiger charge is -2.15. The third-order valence-corrected chi connectivity index (χ3v) is 3.05. The Kier molecular flexibility index (Phi) is 7.78. The van der Waals surface area contributed by atoms with Gasteiger partial charge in [-0.3, -0.25) is 4.79 Å². The van der Waals surface area contributed by atoms with Crippen LogP contribution in [0.25, 0.3) is 0 Å². The molecule has 0 spiro atoms. The van der Waals surface area contributed by atoms with Crippen molar-refractivity contribution in [1.82, 2.24) is 10.6 Å². The molecule has 1 aromatic carbocycles. The van der Waals surface area contributed by atoms with Gasteiger partial charge in [0.1, 0.15) is 19.2 Å². The number of amides is 2. The summed E-state index contributed by atoms with van der Waals surface area (Å²) in [6, 6.07) is 9.73. The molecule has 128 valence electrons. The molecule has 2 amide bonds. The van der Waals surface area contributed by atoms with Crippen molar-refractivity contribution in [3.05, 3.63) is 35.9 Å². The van der Waals surface area contributed by atoms with E-state index in [9.17, 15) is 14.4 Å². The van der Waals surface area contributed by atoms with Gasteiger partial charge in [-0.1, -0.05) is 30.3 Å². The molecule has 2 atom stereocenters. The maximum atomic E-state index is 11.7. The van der Waals surface area contributed by atoms with Gasteiger partial charge in [-0.15, -0.1) is 0 Å². The van der Waals surface area contributed by atoms with Crippen molar-refractivity contribution in [2.24, 2.45) is 5.92 Å². The third kappa shape index (κ3) is 7.26. The number of nitriles is 1. The number of benzene rings is 1. The second kappa shape index (κ2) is 9.84. The molecule has 0 aliphatic heterocycles. The Labute approximate surface area is 139 Å². The summed E-state index contributed by atoms with van der Waals surface area (Å²) in [6.07, 6.45) is -0.804. The zero-order chi connectivity index (χ0) is 17.9. The van der Waals surface area contributed by atoms with Crippen LogP contribution in [0.1, 0.15) is 18.9 Å². The molecule has 0 aliphatic carbocycles. The standard InChI is InChI=1S/C16H19N3O5/c1-11(8-17)7-13(15(21)22)19-14(20)9-18-16(23)24-10-12-5-3-2-4-6-12/h2-6,11,13H,7,9-10H2,1H3,(H,18,23)(H,19,20)(H,21,22)/t11-,13+/m0/s1. The first-order chi connectivity index (χ1) is 11.4. The van der Waals surface area contributed by atoms with Gasteiger partial charge in [0, 0.05) is 5.92 Å². The highest BCUT2D eigenvalue weighted by molar-refractivity contribution is 5.86. The van der Waals surface area contributed by atoms with Gasteiger partial charge in [-0.25, -0.2) is 9.59 Å². The fourth-order valence-electron chi connectivity index (χ4n) is 1.80. The van der Waals surface area contributed by atoms with E-state index in [1.165, 1.54) is 0 Å². The summed E-state index contributed by atoms with van der Waals surface area (Å²) in [5.41, 5.74) is 0.800. The van der Waals surface area contributed by atoms with Crippen LogP contribution >= 0.6 is 0 Å². The van der Waals surface area contributed by atoms with Crippen molar-refractivity contribution < 1.29 is 24.2 Å². The molecule has 0 aromatic heterocycles. The molecule has 1 aromatic rings. The van der Waals surface area contributed by atoms with Crippen LogP contribution in [-0.2, 0) is 20.9 Å². The maximum absolute atomic E-state index is 11.7. The van der Waals surface area contributed by atoms with Crippen molar-refractivity contribution in [2.75, 3.05) is 6.54 Å². The molecule has 0 unspecified atom stereocenters. The van der Waals surface area contributed by atoms with Crippen molar-refractivity contribution in [1.29, 1.82) is 5.26 Å². The molecule has 0 aliphatic rings. The highest BCUT2D eigenvalue weighted by Gasteiger charge is 2.22. The number of hydrogen-bond donors (Lipinski definition) is 3. The van der Waals surface area contributed by atoms with E-state index in [-0.39, 0.29) is 13.0 Å². The van der Waals surface area contributed by atoms with E-state index in [2.05, 4.69) is 10.6 Å². The van der Waals surface area contributed by atoms with Gasteiger partial charge in [0.2, 0.25) is 5.91 Å². The van der Waals surface area contributed by atoms with Crippen LogP contribution in [0.2, 0.25) is 0 Å². The van der Waals surface area contributed by atoms with E-state index in [1.54, 1.807) is 31.2 Å². The van der Waals surface area contributed by atoms with Gasteiger partial charge in [-0.2, -0.15) is 5.26 Å². The van der Waals surface area contributed by atoms with Crippen molar-refractivity contribution in [2.45, 2.75) is 26.0 Å². The molecule has 1 rings (SSSR count). The van der Waals surface area contributed by atoms with Crippen LogP contribution in [0.3, 0.4) is 0 Å². The zero-order valence-corrected chi connectivity index (χ0v) is 13.2. The third-order valence-electron chi connectivity index (χ3n) is 3.05. The molecule has 0 bridgehead atoms. The van der Waals surface area contributed by atoms with Crippen LogP contribution in [0.4, 0.5) is 4.79 Å². The number of carboxylic acids is 1. The second-order valence-corrected chi connectivity index (χ2v) is 5.14. The minimum atomic E-state index is -1.24. The second-order valence-electron chi connectivity index (χ2n) is 5.14. The lowest BCUT2D eigenvalue weighted by Crippen LogP contribution is -2.46. The topological polar surface area (TPSA) is 129 Å². The molecule has 0 radical (unpaired) electrons. The maximum Gasteiger partial charge on any atom is 0.407 e. The minimum Gasteiger partial charge on any atom is -0.480 e. The Balaban J connectivity index is 2.34. The molecule has 0 heterocycles. The molecule has 0 saturated carbocycles. The van der Waals surface area contributed by atoms with Gasteiger partial charge < -0.3 is 20.5 Å². The average molecular weight is 333 g/mol. The molecular weight excluding hydrogens is 314 g/mol. The van der Waals surface area contributed by atoms with Gasteiger partial charge >= 0.3 is 12.1 Å². The number of ether oxygens (including phenoxy) is 1. The van der Waals surface area contributed by atoms with E-state index >= 15 is 0 Å². The SMILES string of the molecule is C[C@H](C#N)C[C@@H](NC(=O)CNC(=O)OCc1ccccc1)C(=O)O. The minimum absolute atomic E-state index is 0.0178. The molecule has 0 saturated heterocycles. The molecular formula is C16H19N3O5. The number of carboxylic acid groups (broad SMARTS) is 1. The van der Waals surface area contributed by atoms with Crippen LogP contribution in [0.5, 0.6) is 0 Å². The Bertz CT molecular complexity index is 612. The van der Waals surface area contributed by atoms with Gasteiger partial charge in [0.25, 0.3) is 0 Å². The van der Waals surface area contributed by atoms with Crippen LogP contribution in [0.15, 0.2) is 30.3 Å². The summed E-state index contributed by atoms with van der Waals surface area (Å²) in [5.74, 6) is -2.43. The van der Waals surface area contributed by atoms with Crippen molar-refractivity contribution in [3.8, 4) is 6.07 Å². The Hall–Kier alpha value is -3.08. The molecule has 24 heavy (non-hydrogen) atoms. The van der Waals surface area contributed by atoms with E-state index in [0.29, 0.717) is 0 Å². The highest BCUT2D eigenvalue weighted by atomic mass is 16.5. The number of nitrogens with zero attached hydrogens (tertiary/aromatic N) is 1. The molecule has 8 nitrogen and oxygen atoms in total. The monoisotopic (exact) mass is 333 g/mol. The molecule has 0 fully saturated rings. The van der Waals surface area contributed by atoms with E-state index in [1.807, 2.05) is 12.1 Å². The average Bonchev–Trinajstić information content (AvgIpc) is 2.58. The van der Waals surface area contributed by atoms with Gasteiger partial charge in [0.05, 0.1) is 6.07 Å². The largest absolute Gasteiger partial charge is 0.480 e. The summed E-state index contributed by atoms with van der Waals surface area (Å²) in [5, 5.41) is 22.2. The highest BCUT2D eigenvalue weighted by Crippen LogP contribution is 2.05. The summed E-state index contributed by atoms with van der Waals surface area (Å²) in [7, 11) is 0. The van der Waals surface area contributed by atoms with Crippen LogP contribution < -0.4 is 10.6 Å². The Morgan fingerprint density at radius 3 is 2.54 bits per heavy atom. The first kappa shape index (κ1) is 19.0. The zero-order valence-electron chi connectivity index (χ0n) is 13.2. The first-order valence-electron chi connectivity index (χ1n) is 7.28. The van der Waals surface area contributed by atoms with Crippen LogP contribution in [-0.4, -0.2) is 35.7 Å². The first-order valence-corrected chi connectivity index (χ1v) is 7.28. The number of rotatable bonds is 8. The van der Waals surface area contributed by atoms with Crippen LogP contribution in [0, 0.1) is 17.2 Å². The fraction of sp³-hybridized carbons (Fsp3) is 0.375. The number of carbonyl (C=O) groups excluding carboxylic acids is 2. The fourth-order valence-corrected chi connectivity index (χ4v) is 1.80. The van der Waals surface area contributed by atoms with E-state index in [4.69, 9.17) is 15.1 Å². The lowest BCUT2D eigenvalue weighted by molar-refractivity contribution is -0.142. The number of hydrogen-bond acceptors (Lipinski definition) is 5. The number of alkyl carbamates (subject to hydrolysis) is 1. The smallest absolute Gasteiger partial charge is 0.407 e. The molecule has 8 heteroatoms. The molecule has 3 N–H and O–H groups in total. The van der Waals surface area contributed by atoms with E-state index in [0.717, 1.165) is 5.56 Å². The summed E-state index contributed by atoms with van der Waals surface area (Å²) in [4.78, 5) is 34.2. The predicted molar refractivity (Wildman–Crippen MR) is 83.6 cm³/mol. The van der Waals surface area contributed by atoms with Gasteiger partial charge in [-0.05, 0) is 18.9 Å². The summed E-state index contributed by atoms with van der Waals surface area (Å²) < 4.78 is 4.92. The van der Waals surface area contributed by atoms with Crippen molar-refractivity contribution >= 4 is 18.0 Å². The quantitative estimate of drug-likeness (QED) is 0.652. The number of carbonyl (C=O) groups is 3. The Morgan fingerprint density at radius 2 is 1.96 bits per heavy atom. The lowest BCUT2D eigenvalue weighted by atomic mass is 10.0. The van der Waals surface area contributed by atoms with Gasteiger partial charge in [0.15, 0.2) is 0 Å². The summed E-state index contributed by atoms with van der Waals surface area (Å²) >= 11 is 0. The van der Waals surface area contributed by atoms with Crippen molar-refractivity contribution in [3.63, 3.8) is 0 Å².